The maximum absolute atomic E-state index is 11.5. The number of hydrogen-bond donors (Lipinski definition) is 1. The minimum absolute atomic E-state index is 0.206. The Balaban J connectivity index is 2.56. The molecule has 0 radical (unpaired) electrons. The quantitative estimate of drug-likeness (QED) is 0.635. The molecule has 0 aromatic heterocycles. The summed E-state index contributed by atoms with van der Waals surface area (Å²) in [4.78, 5) is 11.5. The van der Waals surface area contributed by atoms with Crippen LogP contribution in [0.4, 0.5) is 0 Å². The third-order valence-corrected chi connectivity index (χ3v) is 1.89. The summed E-state index contributed by atoms with van der Waals surface area (Å²) in [6.07, 6.45) is 0. The predicted molar refractivity (Wildman–Crippen MR) is 46.2 cm³/mol. The van der Waals surface area contributed by atoms with Gasteiger partial charge in [-0.05, 0) is 20.8 Å². The molecule has 0 aromatic carbocycles. The SMILES string of the molecule is CC(C)(C)OC(=O)C1(CO)COC1. The Bertz CT molecular complexity index is 195. The van der Waals surface area contributed by atoms with Crippen LogP contribution in [0.3, 0.4) is 0 Å². The molecule has 0 unspecified atom stereocenters. The minimum atomic E-state index is -0.798. The summed E-state index contributed by atoms with van der Waals surface area (Å²) in [6, 6.07) is 0. The molecule has 1 heterocycles. The maximum atomic E-state index is 11.5. The second-order valence-corrected chi connectivity index (χ2v) is 4.43. The van der Waals surface area contributed by atoms with Gasteiger partial charge in [0.25, 0.3) is 0 Å². The van der Waals surface area contributed by atoms with E-state index in [2.05, 4.69) is 0 Å². The first kappa shape index (κ1) is 10.5. The molecule has 1 fully saturated rings. The van der Waals surface area contributed by atoms with Gasteiger partial charge in [-0.1, -0.05) is 0 Å². The highest BCUT2D eigenvalue weighted by molar-refractivity contribution is 5.78. The standard InChI is InChI=1S/C9H16O4/c1-8(2,3)13-7(11)9(4-10)5-12-6-9/h10H,4-6H2,1-3H3. The Labute approximate surface area is 77.8 Å². The lowest BCUT2D eigenvalue weighted by Gasteiger charge is -2.38. The van der Waals surface area contributed by atoms with Crippen LogP contribution in [-0.2, 0) is 14.3 Å². The molecule has 76 valence electrons. The van der Waals surface area contributed by atoms with Gasteiger partial charge < -0.3 is 14.6 Å². The summed E-state index contributed by atoms with van der Waals surface area (Å²) in [5.41, 5.74) is -1.30. The van der Waals surface area contributed by atoms with E-state index in [9.17, 15) is 4.79 Å². The van der Waals surface area contributed by atoms with Crippen molar-refractivity contribution in [3.05, 3.63) is 0 Å². The molecule has 13 heavy (non-hydrogen) atoms. The second-order valence-electron chi connectivity index (χ2n) is 4.43. The Morgan fingerprint density at radius 2 is 2.08 bits per heavy atom. The first-order valence-corrected chi connectivity index (χ1v) is 4.32. The van der Waals surface area contributed by atoms with Crippen LogP contribution in [0.5, 0.6) is 0 Å². The molecule has 0 aromatic rings. The van der Waals surface area contributed by atoms with Gasteiger partial charge >= 0.3 is 5.97 Å². The highest BCUT2D eigenvalue weighted by atomic mass is 16.6. The molecule has 1 aliphatic heterocycles. The molecule has 0 amide bonds. The normalized spacial score (nSPS) is 20.6. The van der Waals surface area contributed by atoms with Crippen LogP contribution in [0, 0.1) is 5.41 Å². The molecule has 1 N–H and O–H groups in total. The molecule has 4 nitrogen and oxygen atoms in total. The largest absolute Gasteiger partial charge is 0.459 e. The Kier molecular flexibility index (Phi) is 2.63. The van der Waals surface area contributed by atoms with E-state index in [0.29, 0.717) is 0 Å². The number of ether oxygens (including phenoxy) is 2. The number of rotatable bonds is 2. The van der Waals surface area contributed by atoms with Crippen molar-refractivity contribution in [3.8, 4) is 0 Å². The molecule has 0 bridgehead atoms. The summed E-state index contributed by atoms with van der Waals surface area (Å²) < 4.78 is 10.1. The van der Waals surface area contributed by atoms with E-state index < -0.39 is 11.0 Å². The minimum Gasteiger partial charge on any atom is -0.459 e. The predicted octanol–water partition coefficient (Wildman–Crippen LogP) is 0.337. The van der Waals surface area contributed by atoms with Gasteiger partial charge in [-0.3, -0.25) is 4.79 Å². The van der Waals surface area contributed by atoms with E-state index in [-0.39, 0.29) is 25.8 Å². The van der Waals surface area contributed by atoms with E-state index in [0.717, 1.165) is 0 Å². The van der Waals surface area contributed by atoms with Gasteiger partial charge in [0, 0.05) is 0 Å². The monoisotopic (exact) mass is 188 g/mol. The van der Waals surface area contributed by atoms with Gasteiger partial charge in [0.2, 0.25) is 0 Å². The van der Waals surface area contributed by atoms with Crippen LogP contribution in [0.25, 0.3) is 0 Å². The Hall–Kier alpha value is -0.610. The van der Waals surface area contributed by atoms with Gasteiger partial charge in [-0.2, -0.15) is 0 Å². The average molecular weight is 188 g/mol. The van der Waals surface area contributed by atoms with Crippen LogP contribution in [0.1, 0.15) is 20.8 Å². The Morgan fingerprint density at radius 1 is 1.54 bits per heavy atom. The third-order valence-electron chi connectivity index (χ3n) is 1.89. The molecule has 4 heteroatoms. The average Bonchev–Trinajstić information content (AvgIpc) is 1.80. The smallest absolute Gasteiger partial charge is 0.319 e. The van der Waals surface area contributed by atoms with Crippen molar-refractivity contribution in [2.75, 3.05) is 19.8 Å². The fourth-order valence-electron chi connectivity index (χ4n) is 1.01. The number of carbonyl (C=O) groups is 1. The van der Waals surface area contributed by atoms with E-state index in [1.54, 1.807) is 20.8 Å². The summed E-state index contributed by atoms with van der Waals surface area (Å²) in [5.74, 6) is -0.367. The number of carbonyl (C=O) groups excluding carboxylic acids is 1. The molecular weight excluding hydrogens is 172 g/mol. The third kappa shape index (κ3) is 2.19. The van der Waals surface area contributed by atoms with Crippen LogP contribution >= 0.6 is 0 Å². The number of aliphatic hydroxyl groups excluding tert-OH is 1. The van der Waals surface area contributed by atoms with Crippen molar-refractivity contribution in [2.45, 2.75) is 26.4 Å². The van der Waals surface area contributed by atoms with Gasteiger partial charge in [-0.25, -0.2) is 0 Å². The zero-order chi connectivity index (χ0) is 10.1. The van der Waals surface area contributed by atoms with Gasteiger partial charge in [0.15, 0.2) is 0 Å². The second kappa shape index (κ2) is 3.27. The lowest BCUT2D eigenvalue weighted by molar-refractivity contribution is -0.203. The molecule has 1 aliphatic rings. The Morgan fingerprint density at radius 3 is 2.31 bits per heavy atom. The van der Waals surface area contributed by atoms with Crippen LogP contribution in [0.15, 0.2) is 0 Å². The maximum Gasteiger partial charge on any atom is 0.319 e. The molecule has 0 atom stereocenters. The van der Waals surface area contributed by atoms with Crippen molar-refractivity contribution in [2.24, 2.45) is 5.41 Å². The molecule has 1 saturated heterocycles. The fourth-order valence-corrected chi connectivity index (χ4v) is 1.01. The highest BCUT2D eigenvalue weighted by Gasteiger charge is 2.48. The van der Waals surface area contributed by atoms with E-state index in [1.807, 2.05) is 0 Å². The number of esters is 1. The summed E-state index contributed by atoms with van der Waals surface area (Å²) in [7, 11) is 0. The lowest BCUT2D eigenvalue weighted by atomic mass is 9.87. The van der Waals surface area contributed by atoms with Crippen molar-refractivity contribution in [3.63, 3.8) is 0 Å². The van der Waals surface area contributed by atoms with Crippen LogP contribution in [-0.4, -0.2) is 36.5 Å². The zero-order valence-electron chi connectivity index (χ0n) is 8.29. The molecular formula is C9H16O4. The van der Waals surface area contributed by atoms with Crippen molar-refractivity contribution >= 4 is 5.97 Å². The van der Waals surface area contributed by atoms with E-state index in [1.165, 1.54) is 0 Å². The molecule has 0 aliphatic carbocycles. The van der Waals surface area contributed by atoms with Gasteiger partial charge in [-0.15, -0.1) is 0 Å². The molecule has 0 saturated carbocycles. The topological polar surface area (TPSA) is 55.8 Å². The fraction of sp³-hybridized carbons (Fsp3) is 0.889. The summed E-state index contributed by atoms with van der Waals surface area (Å²) in [5, 5.41) is 9.02. The summed E-state index contributed by atoms with van der Waals surface area (Å²) in [6.45, 7) is 5.72. The van der Waals surface area contributed by atoms with Gasteiger partial charge in [0.1, 0.15) is 11.0 Å². The van der Waals surface area contributed by atoms with Crippen LogP contribution < -0.4 is 0 Å². The highest BCUT2D eigenvalue weighted by Crippen LogP contribution is 2.30. The van der Waals surface area contributed by atoms with E-state index >= 15 is 0 Å². The van der Waals surface area contributed by atoms with Crippen molar-refractivity contribution in [1.29, 1.82) is 0 Å². The van der Waals surface area contributed by atoms with E-state index in [4.69, 9.17) is 14.6 Å². The van der Waals surface area contributed by atoms with Crippen molar-refractivity contribution in [1.82, 2.24) is 0 Å². The first-order chi connectivity index (χ1) is 5.90. The van der Waals surface area contributed by atoms with Gasteiger partial charge in [0.05, 0.1) is 19.8 Å². The summed E-state index contributed by atoms with van der Waals surface area (Å²) >= 11 is 0. The zero-order valence-corrected chi connectivity index (χ0v) is 8.29. The lowest BCUT2D eigenvalue weighted by Crippen LogP contribution is -2.54. The van der Waals surface area contributed by atoms with Crippen LogP contribution in [0.2, 0.25) is 0 Å². The number of hydrogen-bond acceptors (Lipinski definition) is 4. The number of aliphatic hydroxyl groups is 1. The molecule has 0 spiro atoms. The first-order valence-electron chi connectivity index (χ1n) is 4.32. The molecule has 1 rings (SSSR count). The van der Waals surface area contributed by atoms with Crippen molar-refractivity contribution < 1.29 is 19.4 Å².